The number of hydrogen-bond acceptors (Lipinski definition) is 5. The fourth-order valence-electron chi connectivity index (χ4n) is 1.85. The third-order valence-electron chi connectivity index (χ3n) is 2.68. The first-order valence-electron chi connectivity index (χ1n) is 5.34. The van der Waals surface area contributed by atoms with E-state index in [-0.39, 0.29) is 5.91 Å². The second kappa shape index (κ2) is 5.83. The maximum Gasteiger partial charge on any atom is 0.217 e. The summed E-state index contributed by atoms with van der Waals surface area (Å²) in [6.07, 6.45) is -2.76. The summed E-state index contributed by atoms with van der Waals surface area (Å²) in [5, 5.41) is 25.4. The molecule has 0 aliphatic carbocycles. The molecule has 0 bridgehead atoms. The number of aliphatic hydroxyl groups excluding tert-OH is 2. The second-order valence-electron chi connectivity index (χ2n) is 3.89. The smallest absolute Gasteiger partial charge is 0.217 e. The van der Waals surface area contributed by atoms with E-state index in [1.807, 2.05) is 0 Å². The van der Waals surface area contributed by atoms with E-state index >= 15 is 0 Å². The van der Waals surface area contributed by atoms with Crippen molar-refractivity contribution in [2.24, 2.45) is 5.11 Å². The average molecular weight is 244 g/mol. The Kier molecular flexibility index (Phi) is 4.71. The maximum atomic E-state index is 10.9. The number of amides is 1. The molecule has 1 aliphatic rings. The highest BCUT2D eigenvalue weighted by atomic mass is 16.6. The van der Waals surface area contributed by atoms with Crippen molar-refractivity contribution >= 4 is 5.91 Å². The van der Waals surface area contributed by atoms with Crippen molar-refractivity contribution in [1.82, 2.24) is 5.32 Å². The van der Waals surface area contributed by atoms with Gasteiger partial charge < -0.3 is 20.3 Å². The molecule has 17 heavy (non-hydrogen) atoms. The van der Waals surface area contributed by atoms with E-state index in [1.54, 1.807) is 6.92 Å². The van der Waals surface area contributed by atoms with Gasteiger partial charge in [0.2, 0.25) is 5.91 Å². The Morgan fingerprint density at radius 3 is 2.76 bits per heavy atom. The molecule has 1 amide bonds. The van der Waals surface area contributed by atoms with Crippen LogP contribution < -0.4 is 5.32 Å². The van der Waals surface area contributed by atoms with Gasteiger partial charge in [-0.1, -0.05) is 12.0 Å². The highest BCUT2D eigenvalue weighted by Gasteiger charge is 2.46. The van der Waals surface area contributed by atoms with Gasteiger partial charge in [0.1, 0.15) is 12.1 Å². The van der Waals surface area contributed by atoms with Crippen LogP contribution in [0.5, 0.6) is 0 Å². The Morgan fingerprint density at radius 1 is 1.65 bits per heavy atom. The highest BCUT2D eigenvalue weighted by molar-refractivity contribution is 5.73. The number of aliphatic hydroxyl groups is 2. The van der Waals surface area contributed by atoms with Crippen molar-refractivity contribution in [1.29, 1.82) is 0 Å². The SMILES string of the molecule is CC[C@H](N=[N+]=[N-])[C@H]1OC(O)[C@H](NC(C)=O)C1O. The van der Waals surface area contributed by atoms with Crippen LogP contribution in [-0.2, 0) is 9.53 Å². The Hall–Kier alpha value is -1.34. The summed E-state index contributed by atoms with van der Waals surface area (Å²) in [6, 6.07) is -1.48. The Labute approximate surface area is 98.2 Å². The van der Waals surface area contributed by atoms with Crippen LogP contribution in [0.2, 0.25) is 0 Å². The van der Waals surface area contributed by atoms with Gasteiger partial charge in [0, 0.05) is 11.8 Å². The number of nitrogens with zero attached hydrogens (tertiary/aromatic N) is 3. The zero-order valence-electron chi connectivity index (χ0n) is 9.65. The van der Waals surface area contributed by atoms with Gasteiger partial charge in [-0.3, -0.25) is 4.79 Å². The third kappa shape index (κ3) is 3.07. The van der Waals surface area contributed by atoms with Crippen LogP contribution in [0.4, 0.5) is 0 Å². The lowest BCUT2D eigenvalue weighted by Gasteiger charge is -2.21. The van der Waals surface area contributed by atoms with E-state index in [0.717, 1.165) is 0 Å². The summed E-state index contributed by atoms with van der Waals surface area (Å²) in [5.41, 5.74) is 8.38. The zero-order valence-corrected chi connectivity index (χ0v) is 9.65. The number of nitrogens with one attached hydrogen (secondary N) is 1. The molecule has 0 spiro atoms. The minimum absolute atomic E-state index is 0.380. The standard InChI is InChI=1S/C9H16N4O4/c1-3-5(12-13-10)8-7(15)6(9(16)17-8)11-4(2)14/h5-9,15-16H,3H2,1-2H3,(H,11,14)/t5-,6+,7?,8+,9?/m0/s1. The number of hydrogen-bond donors (Lipinski definition) is 3. The molecule has 0 radical (unpaired) electrons. The Balaban J connectivity index is 2.78. The molecule has 96 valence electrons. The summed E-state index contributed by atoms with van der Waals surface area (Å²) >= 11 is 0. The quantitative estimate of drug-likeness (QED) is 0.355. The normalized spacial score (nSPS) is 33.9. The highest BCUT2D eigenvalue weighted by Crippen LogP contribution is 2.25. The van der Waals surface area contributed by atoms with Crippen molar-refractivity contribution in [3.63, 3.8) is 0 Å². The molecular weight excluding hydrogens is 228 g/mol. The van der Waals surface area contributed by atoms with E-state index in [1.165, 1.54) is 6.92 Å². The molecule has 0 aromatic heterocycles. The molecule has 1 rings (SSSR count). The minimum Gasteiger partial charge on any atom is -0.388 e. The van der Waals surface area contributed by atoms with Gasteiger partial charge in [-0.25, -0.2) is 0 Å². The van der Waals surface area contributed by atoms with E-state index in [0.29, 0.717) is 6.42 Å². The number of ether oxygens (including phenoxy) is 1. The molecule has 3 N–H and O–H groups in total. The number of rotatable bonds is 4. The Morgan fingerprint density at radius 2 is 2.29 bits per heavy atom. The van der Waals surface area contributed by atoms with Gasteiger partial charge in [-0.15, -0.1) is 0 Å². The molecule has 1 saturated heterocycles. The van der Waals surface area contributed by atoms with E-state index in [9.17, 15) is 15.0 Å². The molecule has 0 aromatic rings. The zero-order chi connectivity index (χ0) is 13.0. The lowest BCUT2D eigenvalue weighted by Crippen LogP contribution is -2.48. The molecule has 1 aliphatic heterocycles. The van der Waals surface area contributed by atoms with Gasteiger partial charge in [-0.2, -0.15) is 0 Å². The molecule has 1 fully saturated rings. The first-order valence-corrected chi connectivity index (χ1v) is 5.34. The van der Waals surface area contributed by atoms with E-state index in [2.05, 4.69) is 15.3 Å². The third-order valence-corrected chi connectivity index (χ3v) is 2.68. The number of azide groups is 1. The molecular formula is C9H16N4O4. The lowest BCUT2D eigenvalue weighted by molar-refractivity contribution is -0.126. The first-order chi connectivity index (χ1) is 8.01. The van der Waals surface area contributed by atoms with Gasteiger partial charge in [0.15, 0.2) is 6.29 Å². The van der Waals surface area contributed by atoms with Crippen LogP contribution in [-0.4, -0.2) is 46.7 Å². The summed E-state index contributed by atoms with van der Waals surface area (Å²) in [6.45, 7) is 3.05. The number of carbonyl (C=O) groups excluding carboxylic acids is 1. The van der Waals surface area contributed by atoms with Crippen LogP contribution in [0.3, 0.4) is 0 Å². The van der Waals surface area contributed by atoms with E-state index < -0.39 is 30.6 Å². The molecule has 8 heteroatoms. The van der Waals surface area contributed by atoms with Crippen molar-refractivity contribution in [3.05, 3.63) is 10.4 Å². The van der Waals surface area contributed by atoms with Gasteiger partial charge in [-0.05, 0) is 12.0 Å². The minimum atomic E-state index is -1.30. The van der Waals surface area contributed by atoms with Crippen LogP contribution in [0.1, 0.15) is 20.3 Å². The molecule has 8 nitrogen and oxygen atoms in total. The van der Waals surface area contributed by atoms with Gasteiger partial charge >= 0.3 is 0 Å². The summed E-state index contributed by atoms with van der Waals surface area (Å²) < 4.78 is 5.12. The second-order valence-corrected chi connectivity index (χ2v) is 3.89. The van der Waals surface area contributed by atoms with Crippen LogP contribution in [0.15, 0.2) is 5.11 Å². The fourth-order valence-corrected chi connectivity index (χ4v) is 1.85. The molecule has 0 saturated carbocycles. The molecule has 5 atom stereocenters. The Bertz CT molecular complexity index is 331. The van der Waals surface area contributed by atoms with Crippen molar-refractivity contribution in [2.45, 2.75) is 50.8 Å². The topological polar surface area (TPSA) is 128 Å². The predicted molar refractivity (Wildman–Crippen MR) is 57.7 cm³/mol. The summed E-state index contributed by atoms with van der Waals surface area (Å²) in [5.74, 6) is -0.380. The number of carbonyl (C=O) groups is 1. The van der Waals surface area contributed by atoms with Crippen molar-refractivity contribution < 1.29 is 19.7 Å². The van der Waals surface area contributed by atoms with E-state index in [4.69, 9.17) is 10.3 Å². The molecule has 1 heterocycles. The van der Waals surface area contributed by atoms with Gasteiger partial charge in [0.05, 0.1) is 12.1 Å². The van der Waals surface area contributed by atoms with Crippen LogP contribution >= 0.6 is 0 Å². The van der Waals surface area contributed by atoms with Crippen molar-refractivity contribution in [3.8, 4) is 0 Å². The first kappa shape index (κ1) is 13.7. The van der Waals surface area contributed by atoms with Gasteiger partial charge in [0.25, 0.3) is 0 Å². The summed E-state index contributed by atoms with van der Waals surface area (Å²) in [7, 11) is 0. The van der Waals surface area contributed by atoms with Crippen LogP contribution in [0.25, 0.3) is 10.4 Å². The monoisotopic (exact) mass is 244 g/mol. The molecule has 2 unspecified atom stereocenters. The average Bonchev–Trinajstić information content (AvgIpc) is 2.53. The van der Waals surface area contributed by atoms with Crippen molar-refractivity contribution in [2.75, 3.05) is 0 Å². The summed E-state index contributed by atoms with van der Waals surface area (Å²) in [4.78, 5) is 13.6. The maximum absolute atomic E-state index is 10.9. The largest absolute Gasteiger partial charge is 0.388 e. The molecule has 0 aromatic carbocycles. The predicted octanol–water partition coefficient (Wildman–Crippen LogP) is -0.342. The lowest BCUT2D eigenvalue weighted by atomic mass is 10.0. The fraction of sp³-hybridized carbons (Fsp3) is 0.889. The van der Waals surface area contributed by atoms with Crippen LogP contribution in [0, 0.1) is 0 Å².